The SMILES string of the molecule is Cn1cnc2cccc(OC3CCNCC3)c21. The highest BCUT2D eigenvalue weighted by atomic mass is 16.5. The average molecular weight is 231 g/mol. The van der Waals surface area contributed by atoms with Crippen molar-refractivity contribution in [2.45, 2.75) is 18.9 Å². The van der Waals surface area contributed by atoms with Gasteiger partial charge < -0.3 is 14.6 Å². The fraction of sp³-hybridized carbons (Fsp3) is 0.462. The van der Waals surface area contributed by atoms with Crippen LogP contribution in [0, 0.1) is 0 Å². The summed E-state index contributed by atoms with van der Waals surface area (Å²) in [5.74, 6) is 0.953. The van der Waals surface area contributed by atoms with Gasteiger partial charge in [0, 0.05) is 7.05 Å². The van der Waals surface area contributed by atoms with Gasteiger partial charge >= 0.3 is 0 Å². The van der Waals surface area contributed by atoms with Crippen molar-refractivity contribution in [3.05, 3.63) is 24.5 Å². The zero-order valence-corrected chi connectivity index (χ0v) is 10.0. The number of hydrogen-bond donors (Lipinski definition) is 1. The highest BCUT2D eigenvalue weighted by Crippen LogP contribution is 2.26. The molecule has 1 aliphatic rings. The molecule has 1 saturated heterocycles. The molecule has 4 nitrogen and oxygen atoms in total. The van der Waals surface area contributed by atoms with E-state index < -0.39 is 0 Å². The van der Waals surface area contributed by atoms with Gasteiger partial charge in [-0.25, -0.2) is 4.98 Å². The van der Waals surface area contributed by atoms with Gasteiger partial charge in [-0.1, -0.05) is 6.07 Å². The second-order valence-electron chi connectivity index (χ2n) is 4.55. The molecule has 4 heteroatoms. The molecule has 1 aliphatic heterocycles. The Bertz CT molecular complexity index is 514. The third kappa shape index (κ3) is 2.00. The number of aromatic nitrogens is 2. The van der Waals surface area contributed by atoms with Gasteiger partial charge in [0.15, 0.2) is 0 Å². The minimum absolute atomic E-state index is 0.330. The van der Waals surface area contributed by atoms with Crippen molar-refractivity contribution in [2.24, 2.45) is 7.05 Å². The number of hydrogen-bond acceptors (Lipinski definition) is 3. The predicted octanol–water partition coefficient (Wildman–Crippen LogP) is 1.70. The smallest absolute Gasteiger partial charge is 0.145 e. The highest BCUT2D eigenvalue weighted by molar-refractivity contribution is 5.81. The second kappa shape index (κ2) is 4.37. The molecule has 0 bridgehead atoms. The lowest BCUT2D eigenvalue weighted by Crippen LogP contribution is -2.34. The Balaban J connectivity index is 1.91. The summed E-state index contributed by atoms with van der Waals surface area (Å²) in [7, 11) is 2.00. The van der Waals surface area contributed by atoms with Crippen molar-refractivity contribution < 1.29 is 4.74 Å². The zero-order valence-electron chi connectivity index (χ0n) is 10.0. The molecule has 0 radical (unpaired) electrons. The maximum absolute atomic E-state index is 6.11. The molecule has 1 aromatic carbocycles. The Kier molecular flexibility index (Phi) is 2.73. The maximum Gasteiger partial charge on any atom is 0.145 e. The first-order chi connectivity index (χ1) is 8.34. The Morgan fingerprint density at radius 2 is 2.18 bits per heavy atom. The Morgan fingerprint density at radius 3 is 3.00 bits per heavy atom. The minimum Gasteiger partial charge on any atom is -0.488 e. The van der Waals surface area contributed by atoms with E-state index in [1.54, 1.807) is 0 Å². The summed E-state index contributed by atoms with van der Waals surface area (Å²) in [5, 5.41) is 3.35. The molecular formula is C13H17N3O. The number of benzene rings is 1. The van der Waals surface area contributed by atoms with Crippen molar-refractivity contribution in [3.8, 4) is 5.75 Å². The number of aryl methyl sites for hydroxylation is 1. The number of rotatable bonds is 2. The molecule has 1 fully saturated rings. The van der Waals surface area contributed by atoms with E-state index in [9.17, 15) is 0 Å². The van der Waals surface area contributed by atoms with Crippen LogP contribution < -0.4 is 10.1 Å². The Morgan fingerprint density at radius 1 is 1.35 bits per heavy atom. The van der Waals surface area contributed by atoms with Crippen LogP contribution in [0.3, 0.4) is 0 Å². The first kappa shape index (κ1) is 10.6. The van der Waals surface area contributed by atoms with Crippen molar-refractivity contribution in [2.75, 3.05) is 13.1 Å². The van der Waals surface area contributed by atoms with Crippen LogP contribution in [0.25, 0.3) is 11.0 Å². The molecule has 0 aliphatic carbocycles. The molecule has 3 rings (SSSR count). The number of imidazole rings is 1. The lowest BCUT2D eigenvalue weighted by atomic mass is 10.1. The molecule has 0 saturated carbocycles. The van der Waals surface area contributed by atoms with Gasteiger partial charge in [-0.05, 0) is 38.1 Å². The third-order valence-corrected chi connectivity index (χ3v) is 3.28. The normalized spacial score (nSPS) is 17.5. The number of fused-ring (bicyclic) bond motifs is 1. The second-order valence-corrected chi connectivity index (χ2v) is 4.55. The Hall–Kier alpha value is -1.55. The predicted molar refractivity (Wildman–Crippen MR) is 67.2 cm³/mol. The highest BCUT2D eigenvalue weighted by Gasteiger charge is 2.16. The van der Waals surface area contributed by atoms with E-state index in [0.29, 0.717) is 6.10 Å². The average Bonchev–Trinajstić information content (AvgIpc) is 2.74. The zero-order chi connectivity index (χ0) is 11.7. The van der Waals surface area contributed by atoms with Crippen LogP contribution >= 0.6 is 0 Å². The Labute approximate surface area is 101 Å². The van der Waals surface area contributed by atoms with Gasteiger partial charge in [0.1, 0.15) is 17.4 Å². The topological polar surface area (TPSA) is 39.1 Å². The summed E-state index contributed by atoms with van der Waals surface area (Å²) < 4.78 is 8.13. The molecule has 0 amide bonds. The van der Waals surface area contributed by atoms with Crippen molar-refractivity contribution in [1.82, 2.24) is 14.9 Å². The van der Waals surface area contributed by atoms with Crippen LogP contribution in [0.15, 0.2) is 24.5 Å². The van der Waals surface area contributed by atoms with Crippen LogP contribution in [-0.4, -0.2) is 28.7 Å². The summed E-state index contributed by atoms with van der Waals surface area (Å²) in [6.45, 7) is 2.10. The number of piperidine rings is 1. The van der Waals surface area contributed by atoms with Crippen molar-refractivity contribution >= 4 is 11.0 Å². The van der Waals surface area contributed by atoms with Gasteiger partial charge in [-0.2, -0.15) is 0 Å². The van der Waals surface area contributed by atoms with E-state index in [2.05, 4.69) is 10.3 Å². The van der Waals surface area contributed by atoms with E-state index in [-0.39, 0.29) is 0 Å². The van der Waals surface area contributed by atoms with Crippen LogP contribution in [-0.2, 0) is 7.05 Å². The molecule has 1 N–H and O–H groups in total. The van der Waals surface area contributed by atoms with E-state index in [4.69, 9.17) is 4.74 Å². The molecule has 2 heterocycles. The van der Waals surface area contributed by atoms with Gasteiger partial charge in [0.05, 0.1) is 11.8 Å². The van der Waals surface area contributed by atoms with Crippen LogP contribution in [0.4, 0.5) is 0 Å². The minimum atomic E-state index is 0.330. The van der Waals surface area contributed by atoms with Crippen LogP contribution in [0.1, 0.15) is 12.8 Å². The molecule has 1 aromatic heterocycles. The molecule has 0 unspecified atom stereocenters. The summed E-state index contributed by atoms with van der Waals surface area (Å²) in [6, 6.07) is 6.06. The summed E-state index contributed by atoms with van der Waals surface area (Å²) in [6.07, 6.45) is 4.32. The van der Waals surface area contributed by atoms with Crippen molar-refractivity contribution in [3.63, 3.8) is 0 Å². The van der Waals surface area contributed by atoms with E-state index >= 15 is 0 Å². The fourth-order valence-corrected chi connectivity index (χ4v) is 2.36. The van der Waals surface area contributed by atoms with E-state index in [0.717, 1.165) is 42.7 Å². The summed E-state index contributed by atoms with van der Waals surface area (Å²) in [4.78, 5) is 4.34. The van der Waals surface area contributed by atoms with Gasteiger partial charge in [-0.15, -0.1) is 0 Å². The lowest BCUT2D eigenvalue weighted by Gasteiger charge is -2.24. The van der Waals surface area contributed by atoms with Crippen LogP contribution in [0.2, 0.25) is 0 Å². The number of nitrogens with one attached hydrogen (secondary N) is 1. The standard InChI is InChI=1S/C13H17N3O/c1-16-9-15-11-3-2-4-12(13(11)16)17-10-5-7-14-8-6-10/h2-4,9-10,14H,5-8H2,1H3. The van der Waals surface area contributed by atoms with Crippen LogP contribution in [0.5, 0.6) is 5.75 Å². The molecular weight excluding hydrogens is 214 g/mol. The first-order valence-corrected chi connectivity index (χ1v) is 6.12. The number of para-hydroxylation sites is 1. The quantitative estimate of drug-likeness (QED) is 0.855. The van der Waals surface area contributed by atoms with E-state index in [1.807, 2.05) is 36.1 Å². The lowest BCUT2D eigenvalue weighted by molar-refractivity contribution is 0.164. The monoisotopic (exact) mass is 231 g/mol. The summed E-state index contributed by atoms with van der Waals surface area (Å²) >= 11 is 0. The molecule has 0 atom stereocenters. The van der Waals surface area contributed by atoms with Gasteiger partial charge in [-0.3, -0.25) is 0 Å². The van der Waals surface area contributed by atoms with E-state index in [1.165, 1.54) is 0 Å². The molecule has 0 spiro atoms. The fourth-order valence-electron chi connectivity index (χ4n) is 2.36. The van der Waals surface area contributed by atoms with Crippen molar-refractivity contribution in [1.29, 1.82) is 0 Å². The maximum atomic E-state index is 6.11. The summed E-state index contributed by atoms with van der Waals surface area (Å²) in [5.41, 5.74) is 2.09. The third-order valence-electron chi connectivity index (χ3n) is 3.28. The molecule has 2 aromatic rings. The van der Waals surface area contributed by atoms with Gasteiger partial charge in [0.25, 0.3) is 0 Å². The number of nitrogens with zero attached hydrogens (tertiary/aromatic N) is 2. The molecule has 17 heavy (non-hydrogen) atoms. The number of ether oxygens (including phenoxy) is 1. The first-order valence-electron chi connectivity index (χ1n) is 6.12. The van der Waals surface area contributed by atoms with Gasteiger partial charge in [0.2, 0.25) is 0 Å². The molecule has 90 valence electrons. The largest absolute Gasteiger partial charge is 0.488 e.